The van der Waals surface area contributed by atoms with Gasteiger partial charge in [0.1, 0.15) is 0 Å². The molecule has 2 N–H and O–H groups in total. The van der Waals surface area contributed by atoms with Crippen LogP contribution in [0.4, 0.5) is 5.69 Å². The number of anilines is 1. The van der Waals surface area contributed by atoms with Crippen molar-refractivity contribution in [1.82, 2.24) is 5.32 Å². The second-order valence-electron chi connectivity index (χ2n) is 3.19. The van der Waals surface area contributed by atoms with Gasteiger partial charge in [0.05, 0.1) is 27.3 Å². The van der Waals surface area contributed by atoms with Crippen LogP contribution in [0.1, 0.15) is 0 Å². The molecule has 1 aromatic rings. The van der Waals surface area contributed by atoms with E-state index in [-0.39, 0.29) is 12.5 Å². The molecule has 0 spiro atoms. The first-order chi connectivity index (χ1) is 8.04. The Labute approximate surface area is 115 Å². The second kappa shape index (κ2) is 6.74. The summed E-state index contributed by atoms with van der Waals surface area (Å²) in [5.74, 6) is -0.160. The molecule has 0 atom stereocenters. The number of halogens is 3. The van der Waals surface area contributed by atoms with Gasteiger partial charge in [0.15, 0.2) is 0 Å². The van der Waals surface area contributed by atoms with Gasteiger partial charge in [-0.25, -0.2) is 0 Å². The van der Waals surface area contributed by atoms with E-state index >= 15 is 0 Å². The predicted octanol–water partition coefficient (Wildman–Crippen LogP) is 3.36. The van der Waals surface area contributed by atoms with Gasteiger partial charge in [-0.15, -0.1) is 6.58 Å². The third kappa shape index (κ3) is 4.46. The molecule has 0 saturated carbocycles. The van der Waals surface area contributed by atoms with E-state index < -0.39 is 0 Å². The average molecular weight is 294 g/mol. The molecule has 0 aliphatic carbocycles. The number of carbonyl (C=O) groups excluding carboxylic acids is 1. The average Bonchev–Trinajstić information content (AvgIpc) is 2.29. The van der Waals surface area contributed by atoms with Crippen LogP contribution in [-0.4, -0.2) is 19.0 Å². The van der Waals surface area contributed by atoms with Crippen molar-refractivity contribution in [2.75, 3.05) is 18.4 Å². The van der Waals surface area contributed by atoms with Gasteiger partial charge in [-0.3, -0.25) is 4.79 Å². The summed E-state index contributed by atoms with van der Waals surface area (Å²) in [5, 5.41) is 6.66. The second-order valence-corrected chi connectivity index (χ2v) is 4.41. The zero-order valence-corrected chi connectivity index (χ0v) is 11.2. The van der Waals surface area contributed by atoms with Crippen molar-refractivity contribution in [3.8, 4) is 0 Å². The van der Waals surface area contributed by atoms with Gasteiger partial charge in [0.2, 0.25) is 5.91 Å². The first-order valence-corrected chi connectivity index (χ1v) is 5.94. The molecule has 3 nitrogen and oxygen atoms in total. The van der Waals surface area contributed by atoms with E-state index in [0.717, 1.165) is 0 Å². The molecular weight excluding hydrogens is 282 g/mol. The Kier molecular flexibility index (Phi) is 5.62. The molecule has 0 aromatic heterocycles. The van der Waals surface area contributed by atoms with Crippen LogP contribution < -0.4 is 10.6 Å². The Balaban J connectivity index is 2.60. The highest BCUT2D eigenvalue weighted by molar-refractivity contribution is 6.44. The van der Waals surface area contributed by atoms with Crippen molar-refractivity contribution in [3.63, 3.8) is 0 Å². The highest BCUT2D eigenvalue weighted by atomic mass is 35.5. The van der Waals surface area contributed by atoms with Crippen LogP contribution in [0.15, 0.2) is 24.8 Å². The molecule has 0 unspecified atom stereocenters. The monoisotopic (exact) mass is 292 g/mol. The minimum Gasteiger partial charge on any atom is -0.375 e. The molecule has 0 aliphatic rings. The van der Waals surface area contributed by atoms with E-state index in [0.29, 0.717) is 27.3 Å². The fourth-order valence-corrected chi connectivity index (χ4v) is 1.70. The van der Waals surface area contributed by atoms with E-state index in [9.17, 15) is 4.79 Å². The topological polar surface area (TPSA) is 41.1 Å². The number of hydrogen-bond donors (Lipinski definition) is 2. The summed E-state index contributed by atoms with van der Waals surface area (Å²) in [7, 11) is 0. The number of carbonyl (C=O) groups is 1. The molecule has 1 rings (SSSR count). The van der Waals surface area contributed by atoms with E-state index in [4.69, 9.17) is 34.8 Å². The standard InChI is InChI=1S/C11H11Cl3N2O/c1-2-3-15-11(17)6-16-10-5-8(13)7(12)4-9(10)14/h2,4-5,16H,1,3,6H2,(H,15,17). The maximum absolute atomic E-state index is 11.3. The van der Waals surface area contributed by atoms with Gasteiger partial charge >= 0.3 is 0 Å². The van der Waals surface area contributed by atoms with Crippen LogP contribution in [-0.2, 0) is 4.79 Å². The quantitative estimate of drug-likeness (QED) is 0.645. The zero-order valence-electron chi connectivity index (χ0n) is 8.90. The zero-order chi connectivity index (χ0) is 12.8. The van der Waals surface area contributed by atoms with Gasteiger partial charge < -0.3 is 10.6 Å². The summed E-state index contributed by atoms with van der Waals surface area (Å²) in [5.41, 5.74) is 0.565. The summed E-state index contributed by atoms with van der Waals surface area (Å²) in [6.45, 7) is 4.03. The van der Waals surface area contributed by atoms with Crippen molar-refractivity contribution in [1.29, 1.82) is 0 Å². The molecule has 1 aromatic carbocycles. The first kappa shape index (κ1) is 14.2. The van der Waals surface area contributed by atoms with E-state index in [1.54, 1.807) is 12.1 Å². The van der Waals surface area contributed by atoms with Crippen molar-refractivity contribution >= 4 is 46.4 Å². The Morgan fingerprint density at radius 1 is 1.24 bits per heavy atom. The molecule has 0 radical (unpaired) electrons. The summed E-state index contributed by atoms with van der Waals surface area (Å²) >= 11 is 17.6. The van der Waals surface area contributed by atoms with E-state index in [2.05, 4.69) is 17.2 Å². The summed E-state index contributed by atoms with van der Waals surface area (Å²) < 4.78 is 0. The van der Waals surface area contributed by atoms with Gasteiger partial charge in [-0.2, -0.15) is 0 Å². The molecule has 0 bridgehead atoms. The third-order valence-electron chi connectivity index (χ3n) is 1.89. The fraction of sp³-hybridized carbons (Fsp3) is 0.182. The number of rotatable bonds is 5. The minimum absolute atomic E-state index is 0.103. The number of nitrogens with one attached hydrogen (secondary N) is 2. The molecule has 92 valence electrons. The lowest BCUT2D eigenvalue weighted by atomic mass is 10.3. The molecule has 1 amide bonds. The van der Waals surface area contributed by atoms with Gasteiger partial charge in [0, 0.05) is 6.54 Å². The maximum Gasteiger partial charge on any atom is 0.239 e. The summed E-state index contributed by atoms with van der Waals surface area (Å²) in [4.78, 5) is 11.3. The van der Waals surface area contributed by atoms with Gasteiger partial charge in [-0.05, 0) is 12.1 Å². The lowest BCUT2D eigenvalue weighted by Gasteiger charge is -2.09. The SMILES string of the molecule is C=CCNC(=O)CNc1cc(Cl)c(Cl)cc1Cl. The summed E-state index contributed by atoms with van der Waals surface area (Å²) in [6, 6.07) is 3.10. The smallest absolute Gasteiger partial charge is 0.239 e. The molecule has 0 aliphatic heterocycles. The van der Waals surface area contributed by atoms with Crippen LogP contribution in [0.3, 0.4) is 0 Å². The van der Waals surface area contributed by atoms with Crippen LogP contribution in [0.5, 0.6) is 0 Å². The molecular formula is C11H11Cl3N2O. The minimum atomic E-state index is -0.160. The highest BCUT2D eigenvalue weighted by Crippen LogP contribution is 2.31. The number of benzene rings is 1. The number of amides is 1. The third-order valence-corrected chi connectivity index (χ3v) is 2.93. The Hall–Kier alpha value is -0.900. The van der Waals surface area contributed by atoms with Gasteiger partial charge in [-0.1, -0.05) is 40.9 Å². The van der Waals surface area contributed by atoms with Crippen LogP contribution in [0.25, 0.3) is 0 Å². The van der Waals surface area contributed by atoms with Crippen LogP contribution in [0.2, 0.25) is 15.1 Å². The fourth-order valence-electron chi connectivity index (χ4n) is 1.08. The molecule has 0 heterocycles. The van der Waals surface area contributed by atoms with Crippen molar-refractivity contribution in [2.45, 2.75) is 0 Å². The Morgan fingerprint density at radius 3 is 2.53 bits per heavy atom. The first-order valence-electron chi connectivity index (χ1n) is 4.80. The highest BCUT2D eigenvalue weighted by Gasteiger charge is 2.07. The summed E-state index contributed by atoms with van der Waals surface area (Å²) in [6.07, 6.45) is 1.60. The largest absolute Gasteiger partial charge is 0.375 e. The lowest BCUT2D eigenvalue weighted by molar-refractivity contribution is -0.119. The van der Waals surface area contributed by atoms with Crippen molar-refractivity contribution in [2.24, 2.45) is 0 Å². The Morgan fingerprint density at radius 2 is 1.88 bits per heavy atom. The van der Waals surface area contributed by atoms with Crippen LogP contribution in [0, 0.1) is 0 Å². The van der Waals surface area contributed by atoms with Crippen molar-refractivity contribution < 1.29 is 4.79 Å². The normalized spacial score (nSPS) is 9.82. The predicted molar refractivity (Wildman–Crippen MR) is 73.2 cm³/mol. The van der Waals surface area contributed by atoms with Crippen molar-refractivity contribution in [3.05, 3.63) is 39.9 Å². The van der Waals surface area contributed by atoms with Crippen LogP contribution >= 0.6 is 34.8 Å². The molecule has 0 saturated heterocycles. The van der Waals surface area contributed by atoms with E-state index in [1.807, 2.05) is 0 Å². The lowest BCUT2D eigenvalue weighted by Crippen LogP contribution is -2.29. The molecule has 0 fully saturated rings. The Bertz CT molecular complexity index is 435. The maximum atomic E-state index is 11.3. The molecule has 6 heteroatoms. The number of hydrogen-bond acceptors (Lipinski definition) is 2. The molecule has 17 heavy (non-hydrogen) atoms. The van der Waals surface area contributed by atoms with E-state index in [1.165, 1.54) is 6.07 Å². The van der Waals surface area contributed by atoms with Gasteiger partial charge in [0.25, 0.3) is 0 Å².